The lowest BCUT2D eigenvalue weighted by atomic mass is 10.1. The molecule has 1 saturated heterocycles. The van der Waals surface area contributed by atoms with E-state index in [1.807, 2.05) is 35.7 Å². The first kappa shape index (κ1) is 17.4. The van der Waals surface area contributed by atoms with E-state index in [9.17, 15) is 9.59 Å². The van der Waals surface area contributed by atoms with E-state index in [1.54, 1.807) is 36.4 Å². The predicted molar refractivity (Wildman–Crippen MR) is 103 cm³/mol. The number of rotatable bonds is 3. The average molecular weight is 423 g/mol. The van der Waals surface area contributed by atoms with Crippen LogP contribution in [0.1, 0.15) is 30.9 Å². The summed E-state index contributed by atoms with van der Waals surface area (Å²) in [6.07, 6.45) is 0. The molecule has 24 heavy (non-hydrogen) atoms. The maximum atomic E-state index is 12.1. The first-order valence-electron chi connectivity index (χ1n) is 7.33. The highest BCUT2D eigenvalue weighted by atomic mass is 79.9. The lowest BCUT2D eigenvalue weighted by Crippen LogP contribution is -2.41. The van der Waals surface area contributed by atoms with Crippen LogP contribution >= 0.6 is 39.5 Å². The van der Waals surface area contributed by atoms with E-state index >= 15 is 0 Å². The van der Waals surface area contributed by atoms with Gasteiger partial charge in [-0.25, -0.2) is 0 Å². The molecule has 1 aliphatic heterocycles. The first-order chi connectivity index (χ1) is 11.6. The van der Waals surface area contributed by atoms with E-state index in [0.717, 1.165) is 4.47 Å². The van der Waals surface area contributed by atoms with Gasteiger partial charge in [0, 0.05) is 27.1 Å². The third-order valence-electron chi connectivity index (χ3n) is 3.46. The highest BCUT2D eigenvalue weighted by molar-refractivity contribution is 9.10. The number of hydrogen-bond acceptors (Lipinski definition) is 4. The van der Waals surface area contributed by atoms with E-state index in [4.69, 9.17) is 0 Å². The van der Waals surface area contributed by atoms with Gasteiger partial charge in [0.1, 0.15) is 0 Å². The Morgan fingerprint density at radius 3 is 1.79 bits per heavy atom. The zero-order valence-corrected chi connectivity index (χ0v) is 15.8. The van der Waals surface area contributed by atoms with E-state index in [-0.39, 0.29) is 11.8 Å². The molecule has 7 heteroatoms. The summed E-state index contributed by atoms with van der Waals surface area (Å²) in [6.45, 7) is 0. The lowest BCUT2D eigenvalue weighted by Gasteiger charge is -2.10. The van der Waals surface area contributed by atoms with Gasteiger partial charge in [-0.1, -0.05) is 28.1 Å². The molecule has 2 N–H and O–H groups in total. The molecule has 0 radical (unpaired) electrons. The van der Waals surface area contributed by atoms with Gasteiger partial charge >= 0.3 is 0 Å². The van der Waals surface area contributed by atoms with Crippen LogP contribution in [0.25, 0.3) is 0 Å². The largest absolute Gasteiger partial charge is 0.269 e. The summed E-state index contributed by atoms with van der Waals surface area (Å²) in [5, 5.41) is 0. The molecule has 0 atom stereocenters. The topological polar surface area (TPSA) is 58.2 Å². The average Bonchev–Trinajstić information content (AvgIpc) is 3.15. The molecule has 124 valence electrons. The Labute approximate surface area is 157 Å². The number of carbonyl (C=O) groups is 2. The molecule has 0 aliphatic carbocycles. The summed E-state index contributed by atoms with van der Waals surface area (Å²) in [6, 6.07) is 14.4. The summed E-state index contributed by atoms with van der Waals surface area (Å²) in [7, 11) is 0. The minimum absolute atomic E-state index is 0.335. The Hall–Kier alpha value is -1.44. The van der Waals surface area contributed by atoms with Gasteiger partial charge < -0.3 is 0 Å². The van der Waals surface area contributed by atoms with Crippen LogP contribution < -0.4 is 10.9 Å². The van der Waals surface area contributed by atoms with Gasteiger partial charge in [0.15, 0.2) is 0 Å². The van der Waals surface area contributed by atoms with Crippen LogP contribution in [0.2, 0.25) is 0 Å². The molecule has 4 nitrogen and oxygen atoms in total. The van der Waals surface area contributed by atoms with Crippen molar-refractivity contribution in [1.29, 1.82) is 0 Å². The molecule has 0 saturated carbocycles. The van der Waals surface area contributed by atoms with E-state index in [0.29, 0.717) is 15.7 Å². The number of carbonyl (C=O) groups excluding carboxylic acids is 2. The van der Waals surface area contributed by atoms with E-state index in [1.165, 1.54) is 17.1 Å². The van der Waals surface area contributed by atoms with Gasteiger partial charge in [-0.15, -0.1) is 23.5 Å². The third kappa shape index (κ3) is 4.34. The van der Waals surface area contributed by atoms with Crippen molar-refractivity contribution in [3.05, 3.63) is 69.7 Å². The number of amides is 2. The van der Waals surface area contributed by atoms with Crippen molar-refractivity contribution in [3.63, 3.8) is 0 Å². The molecule has 0 unspecified atom stereocenters. The van der Waals surface area contributed by atoms with E-state index < -0.39 is 0 Å². The zero-order chi connectivity index (χ0) is 16.9. The van der Waals surface area contributed by atoms with Gasteiger partial charge in [-0.3, -0.25) is 20.4 Å². The second-order valence-electron chi connectivity index (χ2n) is 5.11. The highest BCUT2D eigenvalue weighted by Crippen LogP contribution is 2.45. The maximum Gasteiger partial charge on any atom is 0.269 e. The number of nitrogens with one attached hydrogen (secondary N) is 2. The smallest absolute Gasteiger partial charge is 0.267 e. The molecule has 0 spiro atoms. The fourth-order valence-corrected chi connectivity index (χ4v) is 5.33. The lowest BCUT2D eigenvalue weighted by molar-refractivity contribution is 0.0846. The minimum Gasteiger partial charge on any atom is -0.267 e. The fraction of sp³-hybridized carbons (Fsp3) is 0.176. The van der Waals surface area contributed by atoms with Gasteiger partial charge in [0.05, 0.1) is 4.58 Å². The van der Waals surface area contributed by atoms with Gasteiger partial charge in [-0.2, -0.15) is 0 Å². The highest BCUT2D eigenvalue weighted by Gasteiger charge is 2.18. The molecule has 1 fully saturated rings. The Morgan fingerprint density at radius 1 is 0.833 bits per heavy atom. The Morgan fingerprint density at radius 2 is 1.29 bits per heavy atom. The van der Waals surface area contributed by atoms with Crippen LogP contribution in [0.3, 0.4) is 0 Å². The van der Waals surface area contributed by atoms with Crippen LogP contribution in [0.4, 0.5) is 0 Å². The van der Waals surface area contributed by atoms with Crippen molar-refractivity contribution in [2.24, 2.45) is 0 Å². The second-order valence-corrected chi connectivity index (χ2v) is 8.75. The predicted octanol–water partition coefficient (Wildman–Crippen LogP) is 4.00. The minimum atomic E-state index is -0.355. The number of halogens is 1. The molecular weight excluding hydrogens is 408 g/mol. The molecule has 2 aromatic carbocycles. The summed E-state index contributed by atoms with van der Waals surface area (Å²) < 4.78 is 1.35. The second kappa shape index (κ2) is 8.09. The first-order valence-corrected chi connectivity index (χ1v) is 10.2. The number of hydrogen-bond donors (Lipinski definition) is 2. The van der Waals surface area contributed by atoms with Crippen LogP contribution in [0.15, 0.2) is 53.0 Å². The van der Waals surface area contributed by atoms with Gasteiger partial charge in [-0.05, 0) is 42.0 Å². The van der Waals surface area contributed by atoms with E-state index in [2.05, 4.69) is 26.8 Å². The summed E-state index contributed by atoms with van der Waals surface area (Å²) in [5.41, 5.74) is 7.08. The van der Waals surface area contributed by atoms with Gasteiger partial charge in [0.2, 0.25) is 0 Å². The van der Waals surface area contributed by atoms with Crippen LogP contribution in [-0.4, -0.2) is 23.3 Å². The monoisotopic (exact) mass is 422 g/mol. The zero-order valence-electron chi connectivity index (χ0n) is 12.6. The third-order valence-corrected chi connectivity index (χ3v) is 7.10. The quantitative estimate of drug-likeness (QED) is 0.733. The Bertz CT molecular complexity index is 729. The standard InChI is InChI=1S/C17H15BrN2O2S2/c18-14-7-5-12(6-8-14)16(22)20-19-15(21)11-1-3-13(4-2-11)17-23-9-10-24-17/h1-8,17H,9-10H2,(H,19,21)(H,20,22). The van der Waals surface area contributed by atoms with Crippen molar-refractivity contribution in [2.75, 3.05) is 11.5 Å². The molecular formula is C17H15BrN2O2S2. The molecule has 2 aromatic rings. The molecule has 0 aromatic heterocycles. The SMILES string of the molecule is O=C(NNC(=O)c1ccc(C2SCCS2)cc1)c1ccc(Br)cc1. The van der Waals surface area contributed by atoms with Crippen molar-refractivity contribution >= 4 is 51.3 Å². The van der Waals surface area contributed by atoms with Crippen LogP contribution in [-0.2, 0) is 0 Å². The maximum absolute atomic E-state index is 12.1. The Kier molecular flexibility index (Phi) is 5.86. The summed E-state index contributed by atoms with van der Waals surface area (Å²) in [4.78, 5) is 24.1. The summed E-state index contributed by atoms with van der Waals surface area (Å²) in [5.74, 6) is 1.64. The van der Waals surface area contributed by atoms with Crippen LogP contribution in [0.5, 0.6) is 0 Å². The molecule has 0 bridgehead atoms. The van der Waals surface area contributed by atoms with Gasteiger partial charge in [0.25, 0.3) is 11.8 Å². The van der Waals surface area contributed by atoms with Crippen molar-refractivity contribution in [1.82, 2.24) is 10.9 Å². The normalized spacial score (nSPS) is 14.4. The number of benzene rings is 2. The number of thioether (sulfide) groups is 2. The molecule has 2 amide bonds. The van der Waals surface area contributed by atoms with Crippen molar-refractivity contribution < 1.29 is 9.59 Å². The van der Waals surface area contributed by atoms with Crippen molar-refractivity contribution in [3.8, 4) is 0 Å². The molecule has 1 heterocycles. The van der Waals surface area contributed by atoms with Crippen LogP contribution in [0, 0.1) is 0 Å². The summed E-state index contributed by atoms with van der Waals surface area (Å²) >= 11 is 7.16. The fourth-order valence-electron chi connectivity index (χ4n) is 2.20. The molecule has 1 aliphatic rings. The molecule has 3 rings (SSSR count). The Balaban J connectivity index is 1.56. The number of hydrazine groups is 1. The van der Waals surface area contributed by atoms with Crippen molar-refractivity contribution in [2.45, 2.75) is 4.58 Å².